The van der Waals surface area contributed by atoms with E-state index in [1.165, 1.54) is 0 Å². The van der Waals surface area contributed by atoms with Crippen LogP contribution in [0.15, 0.2) is 30.3 Å². The first kappa shape index (κ1) is 17.3. The summed E-state index contributed by atoms with van der Waals surface area (Å²) in [5.41, 5.74) is 0.940. The maximum absolute atomic E-state index is 5.72. The molecule has 0 radical (unpaired) electrons. The number of morpholine rings is 1. The van der Waals surface area contributed by atoms with Crippen molar-refractivity contribution in [3.63, 3.8) is 0 Å². The normalized spacial score (nSPS) is 14.2. The molecule has 1 aromatic carbocycles. The third-order valence-corrected chi connectivity index (χ3v) is 3.87. The molecule has 0 unspecified atom stereocenters. The number of anilines is 2. The standard InChI is InChI=1S/C18H24N4O3/c1-14-13-17(21-18(20-14)22-8-11-24-12-9-22)19-7-10-25-16-5-3-15(23-2)4-6-16/h3-6,13H,7-12H2,1-2H3,(H,19,20,21). The van der Waals surface area contributed by atoms with Gasteiger partial charge in [0.1, 0.15) is 23.9 Å². The molecule has 25 heavy (non-hydrogen) atoms. The molecule has 1 N–H and O–H groups in total. The molecule has 2 heterocycles. The Morgan fingerprint density at radius 3 is 2.56 bits per heavy atom. The maximum atomic E-state index is 5.72. The second kappa shape index (κ2) is 8.53. The first-order valence-corrected chi connectivity index (χ1v) is 8.44. The summed E-state index contributed by atoms with van der Waals surface area (Å²) in [6.45, 7) is 6.26. The van der Waals surface area contributed by atoms with Crippen LogP contribution in [0.25, 0.3) is 0 Å². The average molecular weight is 344 g/mol. The Bertz CT molecular complexity index is 673. The lowest BCUT2D eigenvalue weighted by molar-refractivity contribution is 0.122. The molecule has 0 aliphatic carbocycles. The maximum Gasteiger partial charge on any atom is 0.227 e. The largest absolute Gasteiger partial charge is 0.497 e. The Kier molecular flexibility index (Phi) is 5.90. The van der Waals surface area contributed by atoms with Crippen molar-refractivity contribution in [1.29, 1.82) is 0 Å². The molecule has 7 nitrogen and oxygen atoms in total. The van der Waals surface area contributed by atoms with Crippen molar-refractivity contribution in [3.8, 4) is 11.5 Å². The topological polar surface area (TPSA) is 68.7 Å². The molecule has 134 valence electrons. The summed E-state index contributed by atoms with van der Waals surface area (Å²) in [6.07, 6.45) is 0. The molecule has 1 aliphatic heterocycles. The van der Waals surface area contributed by atoms with E-state index in [9.17, 15) is 0 Å². The highest BCUT2D eigenvalue weighted by molar-refractivity contribution is 5.43. The van der Waals surface area contributed by atoms with Crippen molar-refractivity contribution in [1.82, 2.24) is 9.97 Å². The molecule has 1 fully saturated rings. The highest BCUT2D eigenvalue weighted by atomic mass is 16.5. The van der Waals surface area contributed by atoms with Gasteiger partial charge < -0.3 is 24.4 Å². The number of ether oxygens (including phenoxy) is 3. The van der Waals surface area contributed by atoms with Crippen LogP contribution in [0, 0.1) is 6.92 Å². The van der Waals surface area contributed by atoms with Gasteiger partial charge in [-0.2, -0.15) is 4.98 Å². The number of benzene rings is 1. The molecule has 1 aromatic heterocycles. The Morgan fingerprint density at radius 1 is 1.12 bits per heavy atom. The first-order valence-electron chi connectivity index (χ1n) is 8.44. The molecule has 2 aromatic rings. The third-order valence-electron chi connectivity index (χ3n) is 3.87. The highest BCUT2D eigenvalue weighted by Crippen LogP contribution is 2.17. The van der Waals surface area contributed by atoms with Crippen molar-refractivity contribution in [2.45, 2.75) is 6.92 Å². The lowest BCUT2D eigenvalue weighted by Gasteiger charge is -2.27. The fraction of sp³-hybridized carbons (Fsp3) is 0.444. The number of aromatic nitrogens is 2. The molecule has 0 saturated carbocycles. The monoisotopic (exact) mass is 344 g/mol. The van der Waals surface area contributed by atoms with E-state index >= 15 is 0 Å². The van der Waals surface area contributed by atoms with Crippen LogP contribution in [0.5, 0.6) is 11.5 Å². The number of nitrogens with zero attached hydrogens (tertiary/aromatic N) is 3. The molecule has 0 amide bonds. The molecular weight excluding hydrogens is 320 g/mol. The van der Waals surface area contributed by atoms with Crippen LogP contribution in [-0.4, -0.2) is 56.5 Å². The van der Waals surface area contributed by atoms with Gasteiger partial charge >= 0.3 is 0 Å². The fourth-order valence-corrected chi connectivity index (χ4v) is 2.57. The number of methoxy groups -OCH3 is 1. The van der Waals surface area contributed by atoms with E-state index in [0.717, 1.165) is 55.3 Å². The minimum Gasteiger partial charge on any atom is -0.497 e. The van der Waals surface area contributed by atoms with Crippen LogP contribution in [-0.2, 0) is 4.74 Å². The molecule has 0 atom stereocenters. The zero-order chi connectivity index (χ0) is 17.5. The quantitative estimate of drug-likeness (QED) is 0.772. The summed E-state index contributed by atoms with van der Waals surface area (Å²) in [7, 11) is 1.65. The van der Waals surface area contributed by atoms with Crippen molar-refractivity contribution < 1.29 is 14.2 Å². The van der Waals surface area contributed by atoms with Crippen LogP contribution < -0.4 is 19.7 Å². The van der Waals surface area contributed by atoms with Crippen molar-refractivity contribution in [2.24, 2.45) is 0 Å². The SMILES string of the molecule is COc1ccc(OCCNc2cc(C)nc(N3CCOCC3)n2)cc1. The number of hydrogen-bond donors (Lipinski definition) is 1. The van der Waals surface area contributed by atoms with Gasteiger partial charge in [0.25, 0.3) is 0 Å². The summed E-state index contributed by atoms with van der Waals surface area (Å²) in [5.74, 6) is 3.20. The third kappa shape index (κ3) is 4.96. The average Bonchev–Trinajstić information content (AvgIpc) is 2.66. The Labute approximate surface area is 147 Å². The van der Waals surface area contributed by atoms with Gasteiger partial charge in [0.05, 0.1) is 26.9 Å². The van der Waals surface area contributed by atoms with Gasteiger partial charge in [0, 0.05) is 24.8 Å². The van der Waals surface area contributed by atoms with Gasteiger partial charge in [-0.25, -0.2) is 4.98 Å². The molecular formula is C18H24N4O3. The summed E-state index contributed by atoms with van der Waals surface area (Å²) in [4.78, 5) is 11.3. The summed E-state index contributed by atoms with van der Waals surface area (Å²) < 4.78 is 16.2. The molecule has 3 rings (SSSR count). The van der Waals surface area contributed by atoms with Crippen LogP contribution in [0.2, 0.25) is 0 Å². The first-order chi connectivity index (χ1) is 12.2. The lowest BCUT2D eigenvalue weighted by Crippen LogP contribution is -2.37. The minimum atomic E-state index is 0.544. The second-order valence-corrected chi connectivity index (χ2v) is 5.74. The van der Waals surface area contributed by atoms with E-state index in [1.54, 1.807) is 7.11 Å². The Balaban J connectivity index is 1.51. The van der Waals surface area contributed by atoms with E-state index in [2.05, 4.69) is 20.2 Å². The summed E-state index contributed by atoms with van der Waals surface area (Å²) in [6, 6.07) is 9.49. The van der Waals surface area contributed by atoms with Crippen LogP contribution in [0.1, 0.15) is 5.69 Å². The van der Waals surface area contributed by atoms with Gasteiger partial charge in [-0.3, -0.25) is 0 Å². The zero-order valence-corrected chi connectivity index (χ0v) is 14.7. The van der Waals surface area contributed by atoms with Crippen LogP contribution in [0.4, 0.5) is 11.8 Å². The van der Waals surface area contributed by atoms with E-state index < -0.39 is 0 Å². The van der Waals surface area contributed by atoms with Crippen LogP contribution in [0.3, 0.4) is 0 Å². The van der Waals surface area contributed by atoms with E-state index in [-0.39, 0.29) is 0 Å². The predicted octanol–water partition coefficient (Wildman–Crippen LogP) is 2.12. The van der Waals surface area contributed by atoms with Crippen molar-refractivity contribution in [2.75, 3.05) is 56.8 Å². The molecule has 1 saturated heterocycles. The van der Waals surface area contributed by atoms with Gasteiger partial charge in [0.15, 0.2) is 0 Å². The van der Waals surface area contributed by atoms with E-state index in [1.807, 2.05) is 37.3 Å². The predicted molar refractivity (Wildman–Crippen MR) is 96.8 cm³/mol. The smallest absolute Gasteiger partial charge is 0.227 e. The zero-order valence-electron chi connectivity index (χ0n) is 14.7. The fourth-order valence-electron chi connectivity index (χ4n) is 2.57. The number of aryl methyl sites for hydroxylation is 1. The Morgan fingerprint density at radius 2 is 1.84 bits per heavy atom. The number of rotatable bonds is 7. The second-order valence-electron chi connectivity index (χ2n) is 5.74. The minimum absolute atomic E-state index is 0.544. The number of hydrogen-bond acceptors (Lipinski definition) is 7. The van der Waals surface area contributed by atoms with Crippen LogP contribution >= 0.6 is 0 Å². The molecule has 7 heteroatoms. The number of nitrogens with one attached hydrogen (secondary N) is 1. The lowest BCUT2D eigenvalue weighted by atomic mass is 10.3. The van der Waals surface area contributed by atoms with Crippen molar-refractivity contribution >= 4 is 11.8 Å². The van der Waals surface area contributed by atoms with E-state index in [4.69, 9.17) is 14.2 Å². The molecule has 0 spiro atoms. The van der Waals surface area contributed by atoms with Gasteiger partial charge in [-0.05, 0) is 31.2 Å². The highest BCUT2D eigenvalue weighted by Gasteiger charge is 2.14. The summed E-state index contributed by atoms with van der Waals surface area (Å²) >= 11 is 0. The summed E-state index contributed by atoms with van der Waals surface area (Å²) in [5, 5.41) is 3.30. The Hall–Kier alpha value is -2.54. The molecule has 0 bridgehead atoms. The van der Waals surface area contributed by atoms with Gasteiger partial charge in [-0.15, -0.1) is 0 Å². The van der Waals surface area contributed by atoms with E-state index in [0.29, 0.717) is 13.2 Å². The molecule has 1 aliphatic rings. The van der Waals surface area contributed by atoms with Crippen molar-refractivity contribution in [3.05, 3.63) is 36.0 Å². The van der Waals surface area contributed by atoms with Gasteiger partial charge in [0.2, 0.25) is 5.95 Å². The van der Waals surface area contributed by atoms with Gasteiger partial charge in [-0.1, -0.05) is 0 Å².